The standard InChI is InChI=1S/C15H26N2O2/c1-17(10-12-5-4-8-19-11-12)15(18)9-13-6-2-3-7-14(13)16/h5,13-14H,2-4,6-11,16H2,1H3/t13-,14-/m0/s1. The molecule has 1 amide bonds. The van der Waals surface area contributed by atoms with Crippen molar-refractivity contribution in [2.24, 2.45) is 11.7 Å². The van der Waals surface area contributed by atoms with Crippen molar-refractivity contribution in [2.75, 3.05) is 26.8 Å². The van der Waals surface area contributed by atoms with Crippen LogP contribution in [0.5, 0.6) is 0 Å². The van der Waals surface area contributed by atoms with Gasteiger partial charge in [0.1, 0.15) is 0 Å². The van der Waals surface area contributed by atoms with Crippen molar-refractivity contribution in [2.45, 2.75) is 44.6 Å². The third-order valence-electron chi connectivity index (χ3n) is 4.25. The van der Waals surface area contributed by atoms with Gasteiger partial charge in [-0.25, -0.2) is 0 Å². The van der Waals surface area contributed by atoms with Crippen LogP contribution in [0.2, 0.25) is 0 Å². The smallest absolute Gasteiger partial charge is 0.222 e. The number of rotatable bonds is 4. The summed E-state index contributed by atoms with van der Waals surface area (Å²) in [5.41, 5.74) is 7.33. The number of nitrogens with zero attached hydrogens (tertiary/aromatic N) is 1. The molecule has 108 valence electrons. The largest absolute Gasteiger partial charge is 0.377 e. The van der Waals surface area contributed by atoms with E-state index in [1.165, 1.54) is 18.4 Å². The van der Waals surface area contributed by atoms with Gasteiger partial charge in [0.25, 0.3) is 0 Å². The lowest BCUT2D eigenvalue weighted by molar-refractivity contribution is -0.131. The van der Waals surface area contributed by atoms with Crippen LogP contribution in [0.25, 0.3) is 0 Å². The summed E-state index contributed by atoms with van der Waals surface area (Å²) in [7, 11) is 1.88. The maximum absolute atomic E-state index is 12.2. The van der Waals surface area contributed by atoms with Crippen molar-refractivity contribution in [1.29, 1.82) is 0 Å². The van der Waals surface area contributed by atoms with Gasteiger partial charge in [-0.1, -0.05) is 18.9 Å². The van der Waals surface area contributed by atoms with Crippen molar-refractivity contribution in [1.82, 2.24) is 4.90 Å². The minimum atomic E-state index is 0.211. The van der Waals surface area contributed by atoms with Crippen LogP contribution in [-0.2, 0) is 9.53 Å². The molecule has 0 aromatic carbocycles. The van der Waals surface area contributed by atoms with Gasteiger partial charge in [0.15, 0.2) is 0 Å². The fraction of sp³-hybridized carbons (Fsp3) is 0.800. The maximum atomic E-state index is 12.2. The Labute approximate surface area is 116 Å². The van der Waals surface area contributed by atoms with Crippen molar-refractivity contribution >= 4 is 5.91 Å². The fourth-order valence-corrected chi connectivity index (χ4v) is 2.98. The zero-order chi connectivity index (χ0) is 13.7. The first kappa shape index (κ1) is 14.5. The van der Waals surface area contributed by atoms with Crippen molar-refractivity contribution in [3.63, 3.8) is 0 Å². The predicted octanol–water partition coefficient (Wildman–Crippen LogP) is 1.70. The first-order chi connectivity index (χ1) is 9.16. The molecule has 0 aromatic heterocycles. The maximum Gasteiger partial charge on any atom is 0.222 e. The molecule has 19 heavy (non-hydrogen) atoms. The summed E-state index contributed by atoms with van der Waals surface area (Å²) in [6.45, 7) is 2.17. The van der Waals surface area contributed by atoms with Crippen LogP contribution < -0.4 is 5.73 Å². The van der Waals surface area contributed by atoms with Crippen molar-refractivity contribution < 1.29 is 9.53 Å². The van der Waals surface area contributed by atoms with E-state index in [9.17, 15) is 4.79 Å². The molecule has 1 aliphatic heterocycles. The highest BCUT2D eigenvalue weighted by Gasteiger charge is 2.25. The van der Waals surface area contributed by atoms with Gasteiger partial charge in [0.2, 0.25) is 5.91 Å². The van der Waals surface area contributed by atoms with E-state index in [2.05, 4.69) is 6.08 Å². The SMILES string of the molecule is CN(CC1=CCCOC1)C(=O)C[C@@H]1CCCC[C@@H]1N. The summed E-state index contributed by atoms with van der Waals surface area (Å²) in [4.78, 5) is 14.1. The molecule has 1 fully saturated rings. The van der Waals surface area contributed by atoms with E-state index in [-0.39, 0.29) is 11.9 Å². The van der Waals surface area contributed by atoms with Crippen LogP contribution in [0.15, 0.2) is 11.6 Å². The second-order valence-corrected chi connectivity index (χ2v) is 5.87. The van der Waals surface area contributed by atoms with Crippen LogP contribution in [0.1, 0.15) is 38.5 Å². The topological polar surface area (TPSA) is 55.6 Å². The lowest BCUT2D eigenvalue weighted by Gasteiger charge is -2.30. The van der Waals surface area contributed by atoms with Gasteiger partial charge < -0.3 is 15.4 Å². The fourth-order valence-electron chi connectivity index (χ4n) is 2.98. The van der Waals surface area contributed by atoms with E-state index in [1.54, 1.807) is 0 Å². The monoisotopic (exact) mass is 266 g/mol. The number of nitrogens with two attached hydrogens (primary N) is 1. The normalized spacial score (nSPS) is 27.8. The predicted molar refractivity (Wildman–Crippen MR) is 75.7 cm³/mol. The zero-order valence-corrected chi connectivity index (χ0v) is 11.9. The molecule has 2 aliphatic rings. The molecular formula is C15H26N2O2. The second-order valence-electron chi connectivity index (χ2n) is 5.87. The molecule has 2 atom stereocenters. The van der Waals surface area contributed by atoms with E-state index in [4.69, 9.17) is 10.5 Å². The van der Waals surface area contributed by atoms with E-state index in [1.807, 2.05) is 11.9 Å². The number of likely N-dealkylation sites (N-methyl/N-ethyl adjacent to an activating group) is 1. The summed E-state index contributed by atoms with van der Waals surface area (Å²) in [6.07, 6.45) is 8.36. The Kier molecular flexibility index (Phi) is 5.40. The number of ether oxygens (including phenoxy) is 1. The average molecular weight is 266 g/mol. The molecule has 0 saturated heterocycles. The molecule has 0 bridgehead atoms. The van der Waals surface area contributed by atoms with Gasteiger partial charge in [-0.15, -0.1) is 0 Å². The highest BCUT2D eigenvalue weighted by molar-refractivity contribution is 5.76. The van der Waals surface area contributed by atoms with E-state index < -0.39 is 0 Å². The molecule has 1 aliphatic carbocycles. The average Bonchev–Trinajstić information content (AvgIpc) is 2.42. The summed E-state index contributed by atoms with van der Waals surface area (Å²) in [5, 5.41) is 0. The Hall–Kier alpha value is -0.870. The lowest BCUT2D eigenvalue weighted by Crippen LogP contribution is -2.38. The molecule has 4 heteroatoms. The first-order valence-electron chi connectivity index (χ1n) is 7.42. The molecular weight excluding hydrogens is 240 g/mol. The van der Waals surface area contributed by atoms with Gasteiger partial charge in [0, 0.05) is 26.1 Å². The molecule has 2 rings (SSSR count). The van der Waals surface area contributed by atoms with Crippen LogP contribution in [-0.4, -0.2) is 43.7 Å². The molecule has 0 spiro atoms. The minimum Gasteiger partial charge on any atom is -0.377 e. The zero-order valence-electron chi connectivity index (χ0n) is 11.9. The third kappa shape index (κ3) is 4.32. The quantitative estimate of drug-likeness (QED) is 0.788. The summed E-state index contributed by atoms with van der Waals surface area (Å²) < 4.78 is 5.40. The molecule has 4 nitrogen and oxygen atoms in total. The highest BCUT2D eigenvalue weighted by Crippen LogP contribution is 2.26. The molecule has 0 aromatic rings. The number of hydrogen-bond acceptors (Lipinski definition) is 3. The van der Waals surface area contributed by atoms with Crippen molar-refractivity contribution in [3.05, 3.63) is 11.6 Å². The molecule has 1 heterocycles. The van der Waals surface area contributed by atoms with E-state index in [0.717, 1.165) is 25.9 Å². The van der Waals surface area contributed by atoms with Crippen LogP contribution in [0, 0.1) is 5.92 Å². The Bertz CT molecular complexity index is 341. The summed E-state index contributed by atoms with van der Waals surface area (Å²) in [6, 6.07) is 0.211. The van der Waals surface area contributed by atoms with Gasteiger partial charge in [-0.05, 0) is 30.8 Å². The number of hydrogen-bond donors (Lipinski definition) is 1. The van der Waals surface area contributed by atoms with Gasteiger partial charge in [-0.3, -0.25) is 4.79 Å². The van der Waals surface area contributed by atoms with Crippen LogP contribution >= 0.6 is 0 Å². The highest BCUT2D eigenvalue weighted by atomic mass is 16.5. The van der Waals surface area contributed by atoms with Gasteiger partial charge >= 0.3 is 0 Å². The van der Waals surface area contributed by atoms with E-state index in [0.29, 0.717) is 25.5 Å². The van der Waals surface area contributed by atoms with Crippen LogP contribution in [0.4, 0.5) is 0 Å². The Balaban J connectivity index is 1.79. The summed E-state index contributed by atoms with van der Waals surface area (Å²) in [5.74, 6) is 0.592. The second kappa shape index (κ2) is 7.06. The van der Waals surface area contributed by atoms with E-state index >= 15 is 0 Å². The lowest BCUT2D eigenvalue weighted by atomic mass is 9.83. The number of amides is 1. The Morgan fingerprint density at radius 1 is 1.47 bits per heavy atom. The Morgan fingerprint density at radius 3 is 2.95 bits per heavy atom. The molecule has 0 radical (unpaired) electrons. The minimum absolute atomic E-state index is 0.211. The molecule has 0 unspecified atom stereocenters. The van der Waals surface area contributed by atoms with Gasteiger partial charge in [0.05, 0.1) is 13.2 Å². The Morgan fingerprint density at radius 2 is 2.26 bits per heavy atom. The molecule has 1 saturated carbocycles. The number of carbonyl (C=O) groups excluding carboxylic acids is 1. The third-order valence-corrected chi connectivity index (χ3v) is 4.25. The van der Waals surface area contributed by atoms with Crippen molar-refractivity contribution in [3.8, 4) is 0 Å². The van der Waals surface area contributed by atoms with Gasteiger partial charge in [-0.2, -0.15) is 0 Å². The first-order valence-corrected chi connectivity index (χ1v) is 7.42. The van der Waals surface area contributed by atoms with Crippen LogP contribution in [0.3, 0.4) is 0 Å². The summed E-state index contributed by atoms with van der Waals surface area (Å²) >= 11 is 0. The number of carbonyl (C=O) groups is 1. The molecule has 2 N–H and O–H groups in total.